The van der Waals surface area contributed by atoms with E-state index in [9.17, 15) is 0 Å². The SMILES string of the molecule is c1ccc(-c2ccc(-c3nc4ccccc4n3-c3cccc(-c4ccc5cc(-c6c7oc8ccccc8c7cc7c6oc6ccccc67)ccc5c4)c3)cc2)cc1. The summed E-state index contributed by atoms with van der Waals surface area (Å²) in [7, 11) is 0. The monoisotopic (exact) mass is 728 g/mol. The molecular weight excluding hydrogens is 697 g/mol. The molecule has 0 radical (unpaired) electrons. The van der Waals surface area contributed by atoms with Crippen LogP contribution in [0.2, 0.25) is 0 Å². The Morgan fingerprint density at radius 2 is 0.912 bits per heavy atom. The van der Waals surface area contributed by atoms with E-state index in [0.29, 0.717) is 0 Å². The number of para-hydroxylation sites is 4. The van der Waals surface area contributed by atoms with Crippen LogP contribution in [-0.2, 0) is 0 Å². The van der Waals surface area contributed by atoms with Crippen molar-refractivity contribution in [3.05, 3.63) is 194 Å². The molecule has 0 unspecified atom stereocenters. The smallest absolute Gasteiger partial charge is 0.147 e. The average molecular weight is 729 g/mol. The third kappa shape index (κ3) is 5.04. The van der Waals surface area contributed by atoms with Gasteiger partial charge in [-0.25, -0.2) is 4.98 Å². The second-order valence-corrected chi connectivity index (χ2v) is 14.7. The van der Waals surface area contributed by atoms with Crippen molar-refractivity contribution >= 4 is 65.7 Å². The molecule has 9 aromatic carbocycles. The molecule has 12 aromatic rings. The predicted molar refractivity (Wildman–Crippen MR) is 235 cm³/mol. The Bertz CT molecular complexity index is 3430. The van der Waals surface area contributed by atoms with Gasteiger partial charge in [-0.15, -0.1) is 0 Å². The number of fused-ring (bicyclic) bond motifs is 8. The molecular formula is C53H32N2O2. The Hall–Kier alpha value is -7.69. The maximum absolute atomic E-state index is 6.59. The standard InChI is InChI=1S/C53H32N2O2/c1-2-11-33(12-3-1)34-21-23-35(24-22-34)53-54-46-17-6-7-18-47(46)55(53)41-14-10-13-36(31-41)37-25-26-39-30-40(28-27-38(39)29-37)50-51-44(42-15-4-8-19-48(42)56-51)32-45-43-16-5-9-20-49(43)57-52(45)50/h1-32H. The van der Waals surface area contributed by atoms with Gasteiger partial charge >= 0.3 is 0 Å². The van der Waals surface area contributed by atoms with Gasteiger partial charge in [0.25, 0.3) is 0 Å². The minimum Gasteiger partial charge on any atom is -0.455 e. The Kier molecular flexibility index (Phi) is 6.89. The fraction of sp³-hybridized carbons (Fsp3) is 0. The van der Waals surface area contributed by atoms with Crippen LogP contribution >= 0.6 is 0 Å². The molecule has 57 heavy (non-hydrogen) atoms. The van der Waals surface area contributed by atoms with Crippen molar-refractivity contribution in [3.8, 4) is 50.5 Å². The minimum absolute atomic E-state index is 0.842. The van der Waals surface area contributed by atoms with E-state index >= 15 is 0 Å². The Morgan fingerprint density at radius 1 is 0.368 bits per heavy atom. The Morgan fingerprint density at radius 3 is 1.65 bits per heavy atom. The van der Waals surface area contributed by atoms with E-state index < -0.39 is 0 Å². The number of hydrogen-bond acceptors (Lipinski definition) is 3. The molecule has 12 rings (SSSR count). The molecule has 0 saturated carbocycles. The molecule has 266 valence electrons. The third-order valence-corrected chi connectivity index (χ3v) is 11.4. The number of aromatic nitrogens is 2. The van der Waals surface area contributed by atoms with Crippen molar-refractivity contribution in [2.24, 2.45) is 0 Å². The van der Waals surface area contributed by atoms with E-state index in [1.165, 1.54) is 11.1 Å². The average Bonchev–Trinajstić information content (AvgIpc) is 3.97. The molecule has 0 amide bonds. The van der Waals surface area contributed by atoms with Gasteiger partial charge in [-0.05, 0) is 93.2 Å². The lowest BCUT2D eigenvalue weighted by atomic mass is 9.95. The van der Waals surface area contributed by atoms with Crippen LogP contribution < -0.4 is 0 Å². The summed E-state index contributed by atoms with van der Waals surface area (Å²) in [5, 5.41) is 6.69. The van der Waals surface area contributed by atoms with Gasteiger partial charge in [0.15, 0.2) is 0 Å². The first-order chi connectivity index (χ1) is 28.2. The molecule has 0 atom stereocenters. The first-order valence-corrected chi connectivity index (χ1v) is 19.3. The molecule has 0 aliphatic rings. The number of furan rings is 2. The highest BCUT2D eigenvalue weighted by molar-refractivity contribution is 6.22. The Labute approximate surface area is 327 Å². The van der Waals surface area contributed by atoms with E-state index in [2.05, 4.69) is 168 Å². The van der Waals surface area contributed by atoms with Gasteiger partial charge in [0, 0.05) is 32.8 Å². The quantitative estimate of drug-likeness (QED) is 0.177. The largest absolute Gasteiger partial charge is 0.455 e. The third-order valence-electron chi connectivity index (χ3n) is 11.4. The summed E-state index contributed by atoms with van der Waals surface area (Å²) in [4.78, 5) is 5.15. The molecule has 0 N–H and O–H groups in total. The molecule has 0 aliphatic carbocycles. The van der Waals surface area contributed by atoms with Crippen LogP contribution in [0.5, 0.6) is 0 Å². The van der Waals surface area contributed by atoms with Gasteiger partial charge < -0.3 is 8.83 Å². The number of hydrogen-bond donors (Lipinski definition) is 0. The van der Waals surface area contributed by atoms with Gasteiger partial charge in [0.2, 0.25) is 0 Å². The first kappa shape index (κ1) is 31.6. The van der Waals surface area contributed by atoms with Crippen LogP contribution in [0.3, 0.4) is 0 Å². The summed E-state index contributed by atoms with van der Waals surface area (Å²) in [5.41, 5.74) is 14.3. The highest BCUT2D eigenvalue weighted by Crippen LogP contribution is 2.45. The highest BCUT2D eigenvalue weighted by Gasteiger charge is 2.21. The summed E-state index contributed by atoms with van der Waals surface area (Å²) < 4.78 is 15.5. The molecule has 0 fully saturated rings. The van der Waals surface area contributed by atoms with Crippen molar-refractivity contribution in [1.82, 2.24) is 9.55 Å². The zero-order valence-electron chi connectivity index (χ0n) is 30.7. The van der Waals surface area contributed by atoms with Crippen molar-refractivity contribution in [1.29, 1.82) is 0 Å². The zero-order chi connectivity index (χ0) is 37.5. The van der Waals surface area contributed by atoms with Crippen LogP contribution in [-0.4, -0.2) is 9.55 Å². The first-order valence-electron chi connectivity index (χ1n) is 19.3. The zero-order valence-corrected chi connectivity index (χ0v) is 30.7. The van der Waals surface area contributed by atoms with E-state index in [-0.39, 0.29) is 0 Å². The van der Waals surface area contributed by atoms with Crippen molar-refractivity contribution in [3.63, 3.8) is 0 Å². The van der Waals surface area contributed by atoms with E-state index in [4.69, 9.17) is 13.8 Å². The lowest BCUT2D eigenvalue weighted by Crippen LogP contribution is -1.98. The molecule has 0 bridgehead atoms. The van der Waals surface area contributed by atoms with E-state index in [1.54, 1.807) is 0 Å². The molecule has 0 spiro atoms. The van der Waals surface area contributed by atoms with Gasteiger partial charge in [0.1, 0.15) is 28.2 Å². The second kappa shape index (κ2) is 12.4. The minimum atomic E-state index is 0.842. The van der Waals surface area contributed by atoms with E-state index in [0.717, 1.165) is 105 Å². The van der Waals surface area contributed by atoms with Crippen molar-refractivity contribution in [2.45, 2.75) is 0 Å². The number of nitrogens with zero attached hydrogens (tertiary/aromatic N) is 2. The maximum Gasteiger partial charge on any atom is 0.147 e. The number of rotatable bonds is 5. The topological polar surface area (TPSA) is 44.1 Å². The number of benzene rings is 9. The number of imidazole rings is 1. The van der Waals surface area contributed by atoms with Crippen LogP contribution in [0.25, 0.3) is 116 Å². The molecule has 4 heteroatoms. The van der Waals surface area contributed by atoms with Crippen molar-refractivity contribution < 1.29 is 8.83 Å². The second-order valence-electron chi connectivity index (χ2n) is 14.7. The fourth-order valence-corrected chi connectivity index (χ4v) is 8.63. The van der Waals surface area contributed by atoms with Gasteiger partial charge in [-0.1, -0.05) is 140 Å². The molecule has 0 aliphatic heterocycles. The molecule has 4 nitrogen and oxygen atoms in total. The Balaban J connectivity index is 0.959. The van der Waals surface area contributed by atoms with Crippen LogP contribution in [0.15, 0.2) is 203 Å². The lowest BCUT2D eigenvalue weighted by Gasteiger charge is -2.13. The summed E-state index contributed by atoms with van der Waals surface area (Å²) in [5.74, 6) is 0.914. The van der Waals surface area contributed by atoms with Crippen LogP contribution in [0.1, 0.15) is 0 Å². The molecule has 0 saturated heterocycles. The summed E-state index contributed by atoms with van der Waals surface area (Å²) in [6.07, 6.45) is 0. The normalized spacial score (nSPS) is 11.9. The van der Waals surface area contributed by atoms with Crippen LogP contribution in [0.4, 0.5) is 0 Å². The summed E-state index contributed by atoms with van der Waals surface area (Å²) in [6.45, 7) is 0. The van der Waals surface area contributed by atoms with Gasteiger partial charge in [-0.3, -0.25) is 4.57 Å². The lowest BCUT2D eigenvalue weighted by molar-refractivity contribution is 0.658. The highest BCUT2D eigenvalue weighted by atomic mass is 16.3. The van der Waals surface area contributed by atoms with E-state index in [1.807, 2.05) is 30.3 Å². The predicted octanol–water partition coefficient (Wildman–Crippen LogP) is 14.6. The maximum atomic E-state index is 6.59. The van der Waals surface area contributed by atoms with Crippen LogP contribution in [0, 0.1) is 0 Å². The summed E-state index contributed by atoms with van der Waals surface area (Å²) in [6, 6.07) is 68.5. The van der Waals surface area contributed by atoms with Gasteiger partial charge in [0.05, 0.1) is 16.6 Å². The van der Waals surface area contributed by atoms with Gasteiger partial charge in [-0.2, -0.15) is 0 Å². The molecule has 3 heterocycles. The fourth-order valence-electron chi connectivity index (χ4n) is 8.63. The molecule has 3 aromatic heterocycles. The summed E-state index contributed by atoms with van der Waals surface area (Å²) >= 11 is 0. The van der Waals surface area contributed by atoms with Crippen molar-refractivity contribution in [2.75, 3.05) is 0 Å².